The summed E-state index contributed by atoms with van der Waals surface area (Å²) in [4.78, 5) is 17.9. The highest BCUT2D eigenvalue weighted by Gasteiger charge is 2.18. The minimum absolute atomic E-state index is 0.00389. The molecule has 1 unspecified atom stereocenters. The molecule has 0 saturated carbocycles. The molecule has 0 radical (unpaired) electrons. The van der Waals surface area contributed by atoms with Crippen LogP contribution in [-0.4, -0.2) is 39.2 Å². The third kappa shape index (κ3) is 3.18. The summed E-state index contributed by atoms with van der Waals surface area (Å²) in [6, 6.07) is -0.135. The average Bonchev–Trinajstić information content (AvgIpc) is 2.71. The number of aromatic amines is 1. The van der Waals surface area contributed by atoms with E-state index in [-0.39, 0.29) is 12.1 Å². The Bertz CT molecular complexity index is 343. The normalized spacial score (nSPS) is 18.5. The van der Waals surface area contributed by atoms with Crippen molar-refractivity contribution in [2.75, 3.05) is 13.1 Å². The summed E-state index contributed by atoms with van der Waals surface area (Å²) in [5, 5.41) is 9.47. The molecular weight excluding hydrogens is 218 g/mol. The van der Waals surface area contributed by atoms with Crippen LogP contribution in [0.3, 0.4) is 0 Å². The van der Waals surface area contributed by atoms with Gasteiger partial charge < -0.3 is 10.2 Å². The zero-order chi connectivity index (χ0) is 12.1. The predicted molar refractivity (Wildman–Crippen MR) is 63.4 cm³/mol. The number of hydrogen-bond donors (Lipinski definition) is 2. The van der Waals surface area contributed by atoms with Crippen molar-refractivity contribution < 1.29 is 4.79 Å². The lowest BCUT2D eigenvalue weighted by Gasteiger charge is -2.22. The van der Waals surface area contributed by atoms with Crippen molar-refractivity contribution in [1.82, 2.24) is 25.4 Å². The van der Waals surface area contributed by atoms with Gasteiger partial charge in [-0.1, -0.05) is 12.8 Å². The molecule has 2 amide bonds. The van der Waals surface area contributed by atoms with Gasteiger partial charge in [0.25, 0.3) is 0 Å². The third-order valence-electron chi connectivity index (χ3n) is 3.08. The summed E-state index contributed by atoms with van der Waals surface area (Å²) < 4.78 is 0. The molecule has 6 heteroatoms. The summed E-state index contributed by atoms with van der Waals surface area (Å²) in [6.07, 6.45) is 6.10. The van der Waals surface area contributed by atoms with Crippen molar-refractivity contribution in [2.45, 2.75) is 38.6 Å². The molecule has 0 aromatic carbocycles. The molecule has 2 rings (SSSR count). The number of nitrogens with zero attached hydrogens (tertiary/aromatic N) is 3. The second-order valence-corrected chi connectivity index (χ2v) is 4.44. The average molecular weight is 237 g/mol. The molecule has 17 heavy (non-hydrogen) atoms. The number of hydrogen-bond acceptors (Lipinski definition) is 3. The standard InChI is InChI=1S/C11H19N5O/c1-9(10-12-8-13-15-10)14-11(17)16-6-4-2-3-5-7-16/h8-9H,2-7H2,1H3,(H,14,17)(H,12,13,15). The number of nitrogens with one attached hydrogen (secondary N) is 2. The molecule has 0 spiro atoms. The molecule has 1 atom stereocenters. The SMILES string of the molecule is CC(NC(=O)N1CCCCCC1)c1ncn[nH]1. The van der Waals surface area contributed by atoms with Gasteiger partial charge >= 0.3 is 6.03 Å². The van der Waals surface area contributed by atoms with Crippen LogP contribution in [0.25, 0.3) is 0 Å². The maximum atomic E-state index is 12.0. The second-order valence-electron chi connectivity index (χ2n) is 4.44. The number of likely N-dealkylation sites (tertiary alicyclic amines) is 1. The molecular formula is C11H19N5O. The van der Waals surface area contributed by atoms with Crippen molar-refractivity contribution in [1.29, 1.82) is 0 Å². The molecule has 1 aromatic heterocycles. The van der Waals surface area contributed by atoms with E-state index in [4.69, 9.17) is 0 Å². The van der Waals surface area contributed by atoms with Gasteiger partial charge in [0.2, 0.25) is 0 Å². The van der Waals surface area contributed by atoms with E-state index in [0.29, 0.717) is 5.82 Å². The van der Waals surface area contributed by atoms with Crippen LogP contribution in [0, 0.1) is 0 Å². The second kappa shape index (κ2) is 5.65. The smallest absolute Gasteiger partial charge is 0.317 e. The zero-order valence-electron chi connectivity index (χ0n) is 10.1. The molecule has 1 aliphatic rings. The van der Waals surface area contributed by atoms with Gasteiger partial charge in [-0.05, 0) is 19.8 Å². The van der Waals surface area contributed by atoms with Gasteiger partial charge in [-0.2, -0.15) is 5.10 Å². The van der Waals surface area contributed by atoms with Gasteiger partial charge in [-0.15, -0.1) is 0 Å². The highest BCUT2D eigenvalue weighted by Crippen LogP contribution is 2.11. The van der Waals surface area contributed by atoms with Crippen LogP contribution in [0.2, 0.25) is 0 Å². The van der Waals surface area contributed by atoms with Crippen molar-refractivity contribution in [3.8, 4) is 0 Å². The highest BCUT2D eigenvalue weighted by atomic mass is 16.2. The first-order chi connectivity index (χ1) is 8.27. The summed E-state index contributed by atoms with van der Waals surface area (Å²) in [5.41, 5.74) is 0. The molecule has 2 N–H and O–H groups in total. The Morgan fingerprint density at radius 2 is 2.12 bits per heavy atom. The van der Waals surface area contributed by atoms with E-state index in [9.17, 15) is 4.79 Å². The molecule has 1 aromatic rings. The van der Waals surface area contributed by atoms with Gasteiger partial charge in [0.1, 0.15) is 12.2 Å². The number of aromatic nitrogens is 3. The quantitative estimate of drug-likeness (QED) is 0.817. The van der Waals surface area contributed by atoms with Gasteiger partial charge in [-0.25, -0.2) is 9.78 Å². The summed E-state index contributed by atoms with van der Waals surface area (Å²) in [7, 11) is 0. The lowest BCUT2D eigenvalue weighted by molar-refractivity contribution is 0.196. The Morgan fingerprint density at radius 3 is 2.71 bits per heavy atom. The lowest BCUT2D eigenvalue weighted by atomic mass is 10.2. The maximum Gasteiger partial charge on any atom is 0.317 e. The monoisotopic (exact) mass is 237 g/mol. The Labute approximate surface area is 101 Å². The van der Waals surface area contributed by atoms with E-state index in [0.717, 1.165) is 25.9 Å². The van der Waals surface area contributed by atoms with Crippen LogP contribution in [0.5, 0.6) is 0 Å². The van der Waals surface area contributed by atoms with Crippen LogP contribution in [0.15, 0.2) is 6.33 Å². The Morgan fingerprint density at radius 1 is 1.41 bits per heavy atom. The zero-order valence-corrected chi connectivity index (χ0v) is 10.1. The highest BCUT2D eigenvalue weighted by molar-refractivity contribution is 5.74. The topological polar surface area (TPSA) is 73.9 Å². The molecule has 1 fully saturated rings. The number of urea groups is 1. The van der Waals surface area contributed by atoms with Crippen LogP contribution >= 0.6 is 0 Å². The molecule has 1 saturated heterocycles. The Kier molecular flexibility index (Phi) is 3.95. The van der Waals surface area contributed by atoms with Crippen molar-refractivity contribution in [2.24, 2.45) is 0 Å². The molecule has 0 aliphatic carbocycles. The molecule has 6 nitrogen and oxygen atoms in total. The number of rotatable bonds is 2. The van der Waals surface area contributed by atoms with Crippen LogP contribution in [-0.2, 0) is 0 Å². The first kappa shape index (κ1) is 11.9. The first-order valence-electron chi connectivity index (χ1n) is 6.18. The first-order valence-corrected chi connectivity index (χ1v) is 6.18. The number of carbonyl (C=O) groups excluding carboxylic acids is 1. The van der Waals surface area contributed by atoms with E-state index < -0.39 is 0 Å². The number of carbonyl (C=O) groups is 1. The van der Waals surface area contributed by atoms with Gasteiger partial charge in [0.15, 0.2) is 0 Å². The molecule has 0 bridgehead atoms. The van der Waals surface area contributed by atoms with Gasteiger partial charge in [0.05, 0.1) is 6.04 Å². The van der Waals surface area contributed by atoms with Crippen molar-refractivity contribution in [3.63, 3.8) is 0 Å². The van der Waals surface area contributed by atoms with E-state index in [1.165, 1.54) is 19.2 Å². The molecule has 2 heterocycles. The molecule has 94 valence electrons. The largest absolute Gasteiger partial charge is 0.328 e. The third-order valence-corrected chi connectivity index (χ3v) is 3.08. The minimum atomic E-state index is -0.131. The minimum Gasteiger partial charge on any atom is -0.328 e. The number of H-pyrrole nitrogens is 1. The van der Waals surface area contributed by atoms with Crippen molar-refractivity contribution >= 4 is 6.03 Å². The fraction of sp³-hybridized carbons (Fsp3) is 0.727. The fourth-order valence-corrected chi connectivity index (χ4v) is 2.04. The van der Waals surface area contributed by atoms with Crippen molar-refractivity contribution in [3.05, 3.63) is 12.2 Å². The summed E-state index contributed by atoms with van der Waals surface area (Å²) >= 11 is 0. The van der Waals surface area contributed by atoms with Gasteiger partial charge in [-0.3, -0.25) is 5.10 Å². The predicted octanol–water partition coefficient (Wildman–Crippen LogP) is 1.45. The van der Waals surface area contributed by atoms with E-state index in [1.807, 2.05) is 11.8 Å². The Hall–Kier alpha value is -1.59. The van der Waals surface area contributed by atoms with Crippen LogP contribution < -0.4 is 5.32 Å². The van der Waals surface area contributed by atoms with E-state index in [1.54, 1.807) is 0 Å². The summed E-state index contributed by atoms with van der Waals surface area (Å²) in [5.74, 6) is 0.688. The summed E-state index contributed by atoms with van der Waals surface area (Å²) in [6.45, 7) is 3.61. The van der Waals surface area contributed by atoms with Gasteiger partial charge in [0, 0.05) is 13.1 Å². The fourth-order valence-electron chi connectivity index (χ4n) is 2.04. The van der Waals surface area contributed by atoms with Crippen LogP contribution in [0.4, 0.5) is 4.79 Å². The lowest BCUT2D eigenvalue weighted by Crippen LogP contribution is -2.41. The maximum absolute atomic E-state index is 12.0. The number of amides is 2. The van der Waals surface area contributed by atoms with E-state index >= 15 is 0 Å². The van der Waals surface area contributed by atoms with Crippen LogP contribution in [0.1, 0.15) is 44.5 Å². The molecule has 1 aliphatic heterocycles. The van der Waals surface area contributed by atoms with E-state index in [2.05, 4.69) is 20.5 Å². The Balaban J connectivity index is 1.87.